The van der Waals surface area contributed by atoms with Crippen molar-refractivity contribution in [2.24, 2.45) is 7.05 Å². The Hall–Kier alpha value is -1.41. The van der Waals surface area contributed by atoms with Crippen LogP contribution in [0.1, 0.15) is 13.3 Å². The van der Waals surface area contributed by atoms with Crippen molar-refractivity contribution in [3.8, 4) is 0 Å². The SMILES string of the molecule is CCC1C(=O)NCCN1S(=O)(=O)c1ccnn1C. The van der Waals surface area contributed by atoms with Crippen LogP contribution in [-0.4, -0.2) is 47.5 Å². The number of amides is 1. The van der Waals surface area contributed by atoms with Gasteiger partial charge in [-0.25, -0.2) is 8.42 Å². The van der Waals surface area contributed by atoms with E-state index in [9.17, 15) is 13.2 Å². The van der Waals surface area contributed by atoms with Crippen molar-refractivity contribution in [3.05, 3.63) is 12.3 Å². The van der Waals surface area contributed by atoms with Crippen molar-refractivity contribution in [2.45, 2.75) is 24.4 Å². The van der Waals surface area contributed by atoms with E-state index < -0.39 is 16.1 Å². The smallest absolute Gasteiger partial charge is 0.260 e. The summed E-state index contributed by atoms with van der Waals surface area (Å²) < 4.78 is 27.5. The van der Waals surface area contributed by atoms with E-state index in [4.69, 9.17) is 0 Å². The first-order valence-corrected chi connectivity index (χ1v) is 7.20. The van der Waals surface area contributed by atoms with Gasteiger partial charge >= 0.3 is 0 Å². The molecule has 0 spiro atoms. The minimum Gasteiger partial charge on any atom is -0.353 e. The molecule has 1 aliphatic heterocycles. The minimum absolute atomic E-state index is 0.107. The second-order valence-electron chi connectivity index (χ2n) is 4.12. The van der Waals surface area contributed by atoms with Gasteiger partial charge in [0.25, 0.3) is 10.0 Å². The number of rotatable bonds is 3. The lowest BCUT2D eigenvalue weighted by atomic mass is 10.2. The van der Waals surface area contributed by atoms with Crippen molar-refractivity contribution in [2.75, 3.05) is 13.1 Å². The fourth-order valence-electron chi connectivity index (χ4n) is 2.11. The van der Waals surface area contributed by atoms with E-state index in [1.807, 2.05) is 0 Å². The molecular weight excluding hydrogens is 256 g/mol. The maximum absolute atomic E-state index is 12.5. The lowest BCUT2D eigenvalue weighted by Gasteiger charge is -2.33. The van der Waals surface area contributed by atoms with Gasteiger partial charge in [-0.3, -0.25) is 9.48 Å². The highest BCUT2D eigenvalue weighted by Gasteiger charge is 2.38. The maximum atomic E-state index is 12.5. The van der Waals surface area contributed by atoms with Gasteiger partial charge in [0.1, 0.15) is 6.04 Å². The summed E-state index contributed by atoms with van der Waals surface area (Å²) in [6.45, 7) is 2.42. The molecule has 8 heteroatoms. The summed E-state index contributed by atoms with van der Waals surface area (Å²) in [7, 11) is -2.10. The van der Waals surface area contributed by atoms with Crippen LogP contribution < -0.4 is 5.32 Å². The molecule has 1 fully saturated rings. The third-order valence-electron chi connectivity index (χ3n) is 3.02. The standard InChI is InChI=1S/C10H16N4O3S/c1-3-8-10(15)11-6-7-14(8)18(16,17)9-4-5-12-13(9)2/h4-5,8H,3,6-7H2,1-2H3,(H,11,15). The largest absolute Gasteiger partial charge is 0.353 e. The van der Waals surface area contributed by atoms with E-state index in [2.05, 4.69) is 10.4 Å². The van der Waals surface area contributed by atoms with Crippen LogP contribution in [0.2, 0.25) is 0 Å². The van der Waals surface area contributed by atoms with Crippen LogP contribution in [0.15, 0.2) is 17.3 Å². The lowest BCUT2D eigenvalue weighted by molar-refractivity contribution is -0.126. The summed E-state index contributed by atoms with van der Waals surface area (Å²) in [5.41, 5.74) is 0. The Morgan fingerprint density at radius 1 is 1.56 bits per heavy atom. The quantitative estimate of drug-likeness (QED) is 0.790. The molecule has 1 aromatic rings. The van der Waals surface area contributed by atoms with Crippen molar-refractivity contribution in [1.29, 1.82) is 0 Å². The fraction of sp³-hybridized carbons (Fsp3) is 0.600. The summed E-state index contributed by atoms with van der Waals surface area (Å²) in [4.78, 5) is 11.7. The van der Waals surface area contributed by atoms with Crippen molar-refractivity contribution in [3.63, 3.8) is 0 Å². The number of piperazine rings is 1. The van der Waals surface area contributed by atoms with Crippen LogP contribution >= 0.6 is 0 Å². The van der Waals surface area contributed by atoms with Gasteiger partial charge in [0.15, 0.2) is 5.03 Å². The summed E-state index contributed by atoms with van der Waals surface area (Å²) in [5, 5.41) is 6.64. The number of hydrogen-bond acceptors (Lipinski definition) is 4. The minimum atomic E-state index is -3.67. The van der Waals surface area contributed by atoms with Crippen molar-refractivity contribution >= 4 is 15.9 Å². The molecule has 0 bridgehead atoms. The average molecular weight is 272 g/mol. The van der Waals surface area contributed by atoms with E-state index in [0.29, 0.717) is 13.0 Å². The highest BCUT2D eigenvalue weighted by Crippen LogP contribution is 2.20. The zero-order chi connectivity index (χ0) is 13.3. The number of nitrogens with one attached hydrogen (secondary N) is 1. The zero-order valence-corrected chi connectivity index (χ0v) is 11.1. The van der Waals surface area contributed by atoms with Crippen LogP contribution in [0.25, 0.3) is 0 Å². The number of aryl methyl sites for hydroxylation is 1. The molecule has 0 saturated carbocycles. The number of hydrogen-bond donors (Lipinski definition) is 1. The molecule has 0 aliphatic carbocycles. The molecule has 1 aromatic heterocycles. The topological polar surface area (TPSA) is 84.3 Å². The number of nitrogens with zero attached hydrogens (tertiary/aromatic N) is 3. The highest BCUT2D eigenvalue weighted by molar-refractivity contribution is 7.89. The fourth-order valence-corrected chi connectivity index (χ4v) is 3.87. The first-order valence-electron chi connectivity index (χ1n) is 5.76. The van der Waals surface area contributed by atoms with Gasteiger partial charge in [0.05, 0.1) is 6.20 Å². The number of carbonyl (C=O) groups is 1. The highest BCUT2D eigenvalue weighted by atomic mass is 32.2. The zero-order valence-electron chi connectivity index (χ0n) is 10.3. The predicted molar refractivity (Wildman–Crippen MR) is 64.2 cm³/mol. The molecule has 18 heavy (non-hydrogen) atoms. The molecule has 0 aromatic carbocycles. The summed E-state index contributed by atoms with van der Waals surface area (Å²) in [5.74, 6) is -0.241. The van der Waals surface area contributed by atoms with Gasteiger partial charge in [-0.15, -0.1) is 0 Å². The Bertz CT molecular complexity index is 551. The molecule has 1 aliphatic rings. The number of carbonyl (C=O) groups excluding carboxylic acids is 1. The van der Waals surface area contributed by atoms with E-state index in [1.165, 1.54) is 21.3 Å². The third-order valence-corrected chi connectivity index (χ3v) is 5.00. The van der Waals surface area contributed by atoms with Gasteiger partial charge in [-0.2, -0.15) is 9.40 Å². The molecule has 1 N–H and O–H groups in total. The normalized spacial score (nSPS) is 21.9. The molecule has 1 atom stereocenters. The van der Waals surface area contributed by atoms with E-state index in [0.717, 1.165) is 0 Å². The van der Waals surface area contributed by atoms with Gasteiger partial charge in [0.2, 0.25) is 5.91 Å². The first kappa shape index (κ1) is 13.0. The molecule has 1 amide bonds. The molecule has 1 unspecified atom stereocenters. The Labute approximate surface area is 106 Å². The third kappa shape index (κ3) is 2.01. The van der Waals surface area contributed by atoms with Crippen LogP contribution in [0, 0.1) is 0 Å². The summed E-state index contributed by atoms with van der Waals surface area (Å²) in [6.07, 6.45) is 1.88. The van der Waals surface area contributed by atoms with Gasteiger partial charge in [-0.1, -0.05) is 6.92 Å². The van der Waals surface area contributed by atoms with E-state index in [1.54, 1.807) is 14.0 Å². The molecule has 2 rings (SSSR count). The Kier molecular flexibility index (Phi) is 3.40. The Morgan fingerprint density at radius 2 is 2.28 bits per heavy atom. The second kappa shape index (κ2) is 4.69. The second-order valence-corrected chi connectivity index (χ2v) is 5.96. The van der Waals surface area contributed by atoms with Crippen LogP contribution in [0.3, 0.4) is 0 Å². The van der Waals surface area contributed by atoms with Crippen LogP contribution in [-0.2, 0) is 21.9 Å². The van der Waals surface area contributed by atoms with Crippen molar-refractivity contribution < 1.29 is 13.2 Å². The van der Waals surface area contributed by atoms with Gasteiger partial charge < -0.3 is 5.32 Å². The van der Waals surface area contributed by atoms with Crippen LogP contribution in [0.5, 0.6) is 0 Å². The first-order chi connectivity index (χ1) is 8.48. The Morgan fingerprint density at radius 3 is 2.83 bits per heavy atom. The van der Waals surface area contributed by atoms with E-state index in [-0.39, 0.29) is 17.5 Å². The predicted octanol–water partition coefficient (Wildman–Crippen LogP) is -0.681. The molecular formula is C10H16N4O3S. The van der Waals surface area contributed by atoms with Gasteiger partial charge in [0, 0.05) is 20.1 Å². The monoisotopic (exact) mass is 272 g/mol. The molecule has 2 heterocycles. The summed E-state index contributed by atoms with van der Waals surface area (Å²) in [6, 6.07) is 0.799. The molecule has 1 saturated heterocycles. The lowest BCUT2D eigenvalue weighted by Crippen LogP contribution is -2.56. The summed E-state index contributed by atoms with van der Waals surface area (Å²) >= 11 is 0. The molecule has 100 valence electrons. The Balaban J connectivity index is 2.40. The molecule has 7 nitrogen and oxygen atoms in total. The number of sulfonamides is 1. The maximum Gasteiger partial charge on any atom is 0.260 e. The van der Waals surface area contributed by atoms with E-state index >= 15 is 0 Å². The van der Waals surface area contributed by atoms with Gasteiger partial charge in [-0.05, 0) is 12.5 Å². The van der Waals surface area contributed by atoms with Crippen LogP contribution in [0.4, 0.5) is 0 Å². The average Bonchev–Trinajstić information content (AvgIpc) is 2.75. The number of aromatic nitrogens is 2. The molecule has 0 radical (unpaired) electrons. The van der Waals surface area contributed by atoms with Crippen molar-refractivity contribution in [1.82, 2.24) is 19.4 Å².